The van der Waals surface area contributed by atoms with Gasteiger partial charge >= 0.3 is 5.97 Å². The Bertz CT molecular complexity index is 606. The third kappa shape index (κ3) is 2.71. The van der Waals surface area contributed by atoms with Crippen molar-refractivity contribution in [1.29, 1.82) is 0 Å². The third-order valence-electron chi connectivity index (χ3n) is 3.38. The molecular formula is C14H15N3O2S. The standard InChI is InChI=1S/C14H15N3O2S/c18-14(19)13-12(10-3-5-15-6-4-10)16-11(20-13)9-17-7-1-2-8-17/h3-6H,1-2,7-9H2,(H,18,19). The molecule has 1 aliphatic heterocycles. The van der Waals surface area contributed by atoms with Crippen molar-refractivity contribution < 1.29 is 9.90 Å². The van der Waals surface area contributed by atoms with Crippen LogP contribution in [0.1, 0.15) is 27.5 Å². The second-order valence-electron chi connectivity index (χ2n) is 4.81. The number of hydrogen-bond acceptors (Lipinski definition) is 5. The van der Waals surface area contributed by atoms with E-state index in [0.29, 0.717) is 10.6 Å². The molecule has 0 atom stereocenters. The lowest BCUT2D eigenvalue weighted by atomic mass is 10.2. The Balaban J connectivity index is 1.92. The van der Waals surface area contributed by atoms with Crippen LogP contribution in [0.2, 0.25) is 0 Å². The average Bonchev–Trinajstić information content (AvgIpc) is 3.10. The number of pyridine rings is 1. The van der Waals surface area contributed by atoms with E-state index < -0.39 is 5.97 Å². The minimum Gasteiger partial charge on any atom is -0.477 e. The fraction of sp³-hybridized carbons (Fsp3) is 0.357. The Hall–Kier alpha value is -1.79. The minimum absolute atomic E-state index is 0.311. The zero-order chi connectivity index (χ0) is 13.9. The Morgan fingerprint density at radius 2 is 2.00 bits per heavy atom. The van der Waals surface area contributed by atoms with Gasteiger partial charge in [-0.2, -0.15) is 0 Å². The lowest BCUT2D eigenvalue weighted by molar-refractivity contribution is 0.0702. The van der Waals surface area contributed by atoms with E-state index in [1.54, 1.807) is 24.5 Å². The number of aromatic carboxylic acids is 1. The van der Waals surface area contributed by atoms with Gasteiger partial charge in [0.2, 0.25) is 0 Å². The largest absolute Gasteiger partial charge is 0.477 e. The molecule has 2 aromatic heterocycles. The Morgan fingerprint density at radius 1 is 1.30 bits per heavy atom. The predicted octanol–water partition coefficient (Wildman–Crippen LogP) is 2.50. The van der Waals surface area contributed by atoms with Gasteiger partial charge in [0.15, 0.2) is 0 Å². The van der Waals surface area contributed by atoms with Gasteiger partial charge in [0.25, 0.3) is 0 Å². The fourth-order valence-corrected chi connectivity index (χ4v) is 3.38. The van der Waals surface area contributed by atoms with Crippen molar-refractivity contribution in [2.45, 2.75) is 19.4 Å². The van der Waals surface area contributed by atoms with Crippen molar-refractivity contribution in [3.05, 3.63) is 34.4 Å². The highest BCUT2D eigenvalue weighted by Crippen LogP contribution is 2.29. The highest BCUT2D eigenvalue weighted by Gasteiger charge is 2.21. The van der Waals surface area contributed by atoms with Crippen LogP contribution >= 0.6 is 11.3 Å². The van der Waals surface area contributed by atoms with Crippen molar-refractivity contribution >= 4 is 17.3 Å². The van der Waals surface area contributed by atoms with Gasteiger partial charge in [0, 0.05) is 18.0 Å². The monoisotopic (exact) mass is 289 g/mol. The van der Waals surface area contributed by atoms with E-state index >= 15 is 0 Å². The molecule has 0 bridgehead atoms. The number of rotatable bonds is 4. The normalized spacial score (nSPS) is 15.6. The highest BCUT2D eigenvalue weighted by molar-refractivity contribution is 7.14. The van der Waals surface area contributed by atoms with Crippen molar-refractivity contribution in [2.75, 3.05) is 13.1 Å². The molecule has 1 aliphatic rings. The molecule has 0 radical (unpaired) electrons. The van der Waals surface area contributed by atoms with Gasteiger partial charge in [-0.05, 0) is 38.1 Å². The summed E-state index contributed by atoms with van der Waals surface area (Å²) in [5.41, 5.74) is 1.36. The van der Waals surface area contributed by atoms with E-state index in [-0.39, 0.29) is 0 Å². The number of thiazole rings is 1. The van der Waals surface area contributed by atoms with Crippen LogP contribution in [0.15, 0.2) is 24.5 Å². The lowest BCUT2D eigenvalue weighted by Crippen LogP contribution is -2.18. The number of nitrogens with zero attached hydrogens (tertiary/aromatic N) is 3. The van der Waals surface area contributed by atoms with Crippen LogP contribution in [-0.2, 0) is 6.54 Å². The molecule has 3 rings (SSSR count). The molecule has 5 nitrogen and oxygen atoms in total. The van der Waals surface area contributed by atoms with Gasteiger partial charge in [-0.1, -0.05) is 0 Å². The molecule has 2 aromatic rings. The first-order valence-corrected chi connectivity index (χ1v) is 7.41. The first kappa shape index (κ1) is 13.2. The van der Waals surface area contributed by atoms with E-state index in [0.717, 1.165) is 30.2 Å². The summed E-state index contributed by atoms with van der Waals surface area (Å²) in [6.45, 7) is 2.90. The molecule has 1 fully saturated rings. The summed E-state index contributed by atoms with van der Waals surface area (Å²) in [5.74, 6) is -0.915. The van der Waals surface area contributed by atoms with Crippen molar-refractivity contribution in [3.8, 4) is 11.3 Å². The second-order valence-corrected chi connectivity index (χ2v) is 5.89. The summed E-state index contributed by atoms with van der Waals surface area (Å²) in [6.07, 6.45) is 5.74. The summed E-state index contributed by atoms with van der Waals surface area (Å²) < 4.78 is 0. The van der Waals surface area contributed by atoms with Crippen molar-refractivity contribution in [3.63, 3.8) is 0 Å². The molecule has 0 amide bonds. The quantitative estimate of drug-likeness (QED) is 0.936. The maximum atomic E-state index is 11.4. The first-order valence-electron chi connectivity index (χ1n) is 6.60. The van der Waals surface area contributed by atoms with Gasteiger partial charge in [0.05, 0.1) is 12.2 Å². The average molecular weight is 289 g/mol. The highest BCUT2D eigenvalue weighted by atomic mass is 32.1. The van der Waals surface area contributed by atoms with E-state index in [1.807, 2.05) is 0 Å². The number of carboxylic acids is 1. The number of likely N-dealkylation sites (tertiary alicyclic amines) is 1. The molecule has 0 aromatic carbocycles. The van der Waals surface area contributed by atoms with Gasteiger partial charge in [-0.3, -0.25) is 9.88 Å². The molecule has 3 heterocycles. The molecule has 20 heavy (non-hydrogen) atoms. The zero-order valence-corrected chi connectivity index (χ0v) is 11.8. The SMILES string of the molecule is O=C(O)c1sc(CN2CCCC2)nc1-c1ccncc1. The Labute approximate surface area is 120 Å². The van der Waals surface area contributed by atoms with Crippen LogP contribution < -0.4 is 0 Å². The molecule has 104 valence electrons. The Morgan fingerprint density at radius 3 is 2.65 bits per heavy atom. The molecule has 6 heteroatoms. The van der Waals surface area contributed by atoms with E-state index in [9.17, 15) is 9.90 Å². The van der Waals surface area contributed by atoms with Gasteiger partial charge in [-0.15, -0.1) is 11.3 Å². The summed E-state index contributed by atoms with van der Waals surface area (Å²) >= 11 is 1.28. The lowest BCUT2D eigenvalue weighted by Gasteiger charge is -2.11. The van der Waals surface area contributed by atoms with Gasteiger partial charge in [0.1, 0.15) is 9.88 Å². The zero-order valence-electron chi connectivity index (χ0n) is 11.0. The summed E-state index contributed by atoms with van der Waals surface area (Å²) in [6, 6.07) is 3.59. The van der Waals surface area contributed by atoms with Crippen LogP contribution in [0.4, 0.5) is 0 Å². The maximum Gasteiger partial charge on any atom is 0.348 e. The van der Waals surface area contributed by atoms with Crippen LogP contribution in [0.5, 0.6) is 0 Å². The van der Waals surface area contributed by atoms with Crippen molar-refractivity contribution in [1.82, 2.24) is 14.9 Å². The summed E-state index contributed by atoms with van der Waals surface area (Å²) in [4.78, 5) is 22.5. The summed E-state index contributed by atoms with van der Waals surface area (Å²) in [7, 11) is 0. The molecule has 1 saturated heterocycles. The first-order chi connectivity index (χ1) is 9.74. The van der Waals surface area contributed by atoms with Crippen molar-refractivity contribution in [2.24, 2.45) is 0 Å². The van der Waals surface area contributed by atoms with E-state index in [4.69, 9.17) is 0 Å². The van der Waals surface area contributed by atoms with Gasteiger partial charge < -0.3 is 5.11 Å². The summed E-state index contributed by atoms with van der Waals surface area (Å²) in [5, 5.41) is 10.2. The fourth-order valence-electron chi connectivity index (χ4n) is 2.41. The molecule has 1 N–H and O–H groups in total. The molecular weight excluding hydrogens is 274 g/mol. The molecule has 0 spiro atoms. The third-order valence-corrected chi connectivity index (χ3v) is 4.41. The number of carboxylic acid groups (broad SMARTS) is 1. The predicted molar refractivity (Wildman–Crippen MR) is 76.8 cm³/mol. The maximum absolute atomic E-state index is 11.4. The Kier molecular flexibility index (Phi) is 3.75. The smallest absolute Gasteiger partial charge is 0.348 e. The second kappa shape index (κ2) is 5.68. The molecule has 0 aliphatic carbocycles. The molecule has 0 unspecified atom stereocenters. The topological polar surface area (TPSA) is 66.3 Å². The van der Waals surface area contributed by atoms with Crippen LogP contribution in [0, 0.1) is 0 Å². The van der Waals surface area contributed by atoms with E-state index in [1.165, 1.54) is 24.2 Å². The van der Waals surface area contributed by atoms with Gasteiger partial charge in [-0.25, -0.2) is 9.78 Å². The number of hydrogen-bond donors (Lipinski definition) is 1. The van der Waals surface area contributed by atoms with Crippen LogP contribution in [-0.4, -0.2) is 39.0 Å². The van der Waals surface area contributed by atoms with Crippen LogP contribution in [0.3, 0.4) is 0 Å². The van der Waals surface area contributed by atoms with E-state index in [2.05, 4.69) is 14.9 Å². The molecule has 0 saturated carbocycles. The van der Waals surface area contributed by atoms with Crippen LogP contribution in [0.25, 0.3) is 11.3 Å². The minimum atomic E-state index is -0.915. The number of carbonyl (C=O) groups is 1. The number of aromatic nitrogens is 2.